The summed E-state index contributed by atoms with van der Waals surface area (Å²) in [6, 6.07) is 12.0. The molecule has 0 radical (unpaired) electrons. The first-order valence-electron chi connectivity index (χ1n) is 7.26. The zero-order chi connectivity index (χ0) is 18.2. The minimum Gasteiger partial charge on any atom is -0.320 e. The molecule has 0 unspecified atom stereocenters. The van der Waals surface area contributed by atoms with Gasteiger partial charge in [-0.1, -0.05) is 18.2 Å². The maximum atomic E-state index is 13.9. The Morgan fingerprint density at radius 1 is 1.16 bits per heavy atom. The molecule has 0 aliphatic heterocycles. The molecular formula is C17H14FN3O3S. The normalized spacial score (nSPS) is 11.5. The highest BCUT2D eigenvalue weighted by molar-refractivity contribution is 7.89. The van der Waals surface area contributed by atoms with Crippen molar-refractivity contribution in [1.29, 1.82) is 0 Å². The van der Waals surface area contributed by atoms with Crippen molar-refractivity contribution in [3.63, 3.8) is 0 Å². The Bertz CT molecular complexity index is 1100. The van der Waals surface area contributed by atoms with Gasteiger partial charge in [-0.3, -0.25) is 9.78 Å². The Morgan fingerprint density at radius 2 is 1.92 bits per heavy atom. The number of para-hydroxylation sites is 1. The highest BCUT2D eigenvalue weighted by Gasteiger charge is 2.17. The molecule has 3 N–H and O–H groups in total. The number of amides is 1. The molecule has 0 bridgehead atoms. The van der Waals surface area contributed by atoms with Gasteiger partial charge in [-0.25, -0.2) is 17.9 Å². The van der Waals surface area contributed by atoms with Crippen LogP contribution in [0.5, 0.6) is 0 Å². The van der Waals surface area contributed by atoms with Crippen molar-refractivity contribution < 1.29 is 17.6 Å². The quantitative estimate of drug-likeness (QED) is 0.750. The molecule has 3 aromatic rings. The molecule has 25 heavy (non-hydrogen) atoms. The minimum atomic E-state index is -4.19. The molecule has 0 aliphatic carbocycles. The van der Waals surface area contributed by atoms with Crippen LogP contribution in [0.3, 0.4) is 0 Å². The second kappa shape index (κ2) is 6.23. The van der Waals surface area contributed by atoms with Crippen LogP contribution in [-0.4, -0.2) is 19.3 Å². The number of nitrogens with two attached hydrogens (primary N) is 1. The molecule has 1 aromatic heterocycles. The zero-order valence-electron chi connectivity index (χ0n) is 13.2. The van der Waals surface area contributed by atoms with Crippen LogP contribution in [0.15, 0.2) is 53.4 Å². The number of hydrogen-bond donors (Lipinski definition) is 2. The zero-order valence-corrected chi connectivity index (χ0v) is 14.0. The summed E-state index contributed by atoms with van der Waals surface area (Å²) in [5.74, 6) is -1.67. The number of anilines is 1. The summed E-state index contributed by atoms with van der Waals surface area (Å²) in [5, 5.41) is 8.42. The average molecular weight is 359 g/mol. The summed E-state index contributed by atoms with van der Waals surface area (Å²) < 4.78 is 36.4. The SMILES string of the molecule is Cc1ccc2cccc(NC(=O)c3ccc(S(N)(=O)=O)c(F)c3)c2n1. The summed E-state index contributed by atoms with van der Waals surface area (Å²) in [6.07, 6.45) is 0. The number of primary sulfonamides is 1. The molecule has 0 atom stereocenters. The van der Waals surface area contributed by atoms with Gasteiger partial charge in [0.05, 0.1) is 11.2 Å². The van der Waals surface area contributed by atoms with E-state index in [1.54, 1.807) is 12.1 Å². The van der Waals surface area contributed by atoms with Crippen molar-refractivity contribution in [2.75, 3.05) is 5.32 Å². The van der Waals surface area contributed by atoms with Gasteiger partial charge in [0, 0.05) is 16.6 Å². The number of aryl methyl sites for hydroxylation is 1. The standard InChI is InChI=1S/C17H14FN3O3S/c1-10-5-6-11-3-2-4-14(16(11)20-10)21-17(22)12-7-8-15(13(18)9-12)25(19,23)24/h2-9H,1H3,(H,21,22)(H2,19,23,24). The Kier molecular flexibility index (Phi) is 4.23. The van der Waals surface area contributed by atoms with E-state index in [1.807, 2.05) is 25.1 Å². The van der Waals surface area contributed by atoms with Crippen LogP contribution in [0.2, 0.25) is 0 Å². The van der Waals surface area contributed by atoms with Gasteiger partial charge in [0.2, 0.25) is 10.0 Å². The van der Waals surface area contributed by atoms with Crippen molar-refractivity contribution in [2.24, 2.45) is 5.14 Å². The number of hydrogen-bond acceptors (Lipinski definition) is 4. The van der Waals surface area contributed by atoms with Crippen LogP contribution in [-0.2, 0) is 10.0 Å². The molecule has 3 rings (SSSR count). The molecule has 0 saturated carbocycles. The average Bonchev–Trinajstić information content (AvgIpc) is 2.54. The van der Waals surface area contributed by atoms with E-state index in [4.69, 9.17) is 5.14 Å². The predicted octanol–water partition coefficient (Wildman–Crippen LogP) is 2.58. The van der Waals surface area contributed by atoms with Gasteiger partial charge in [0.25, 0.3) is 5.91 Å². The van der Waals surface area contributed by atoms with Gasteiger partial charge in [0.15, 0.2) is 0 Å². The number of nitrogens with one attached hydrogen (secondary N) is 1. The minimum absolute atomic E-state index is 0.0328. The molecule has 1 amide bonds. The molecule has 0 saturated heterocycles. The number of fused-ring (bicyclic) bond motifs is 1. The Balaban J connectivity index is 1.96. The van der Waals surface area contributed by atoms with Gasteiger partial charge < -0.3 is 5.32 Å². The number of nitrogens with zero attached hydrogens (tertiary/aromatic N) is 1. The summed E-state index contributed by atoms with van der Waals surface area (Å²) in [4.78, 5) is 16.1. The molecule has 0 aliphatic rings. The highest BCUT2D eigenvalue weighted by Crippen LogP contribution is 2.23. The van der Waals surface area contributed by atoms with E-state index in [1.165, 1.54) is 6.07 Å². The van der Waals surface area contributed by atoms with Gasteiger partial charge in [-0.15, -0.1) is 0 Å². The van der Waals surface area contributed by atoms with Crippen LogP contribution < -0.4 is 10.5 Å². The molecule has 128 valence electrons. The lowest BCUT2D eigenvalue weighted by Crippen LogP contribution is -2.16. The van der Waals surface area contributed by atoms with Gasteiger partial charge in [0.1, 0.15) is 10.7 Å². The van der Waals surface area contributed by atoms with Crippen LogP contribution in [0.25, 0.3) is 10.9 Å². The third kappa shape index (κ3) is 3.49. The van der Waals surface area contributed by atoms with E-state index in [-0.39, 0.29) is 5.56 Å². The van der Waals surface area contributed by atoms with Crippen LogP contribution in [0.1, 0.15) is 16.1 Å². The van der Waals surface area contributed by atoms with Crippen LogP contribution in [0.4, 0.5) is 10.1 Å². The molecule has 8 heteroatoms. The van der Waals surface area contributed by atoms with E-state index in [2.05, 4.69) is 10.3 Å². The van der Waals surface area contributed by atoms with E-state index >= 15 is 0 Å². The second-order valence-corrected chi connectivity index (χ2v) is 7.00. The Hall–Kier alpha value is -2.84. The number of carbonyl (C=O) groups is 1. The second-order valence-electron chi connectivity index (χ2n) is 5.47. The number of halogens is 1. The van der Waals surface area contributed by atoms with Crippen molar-refractivity contribution >= 4 is 32.5 Å². The summed E-state index contributed by atoms with van der Waals surface area (Å²) >= 11 is 0. The monoisotopic (exact) mass is 359 g/mol. The fraction of sp³-hybridized carbons (Fsp3) is 0.0588. The number of benzene rings is 2. The van der Waals surface area contributed by atoms with E-state index in [0.717, 1.165) is 23.2 Å². The van der Waals surface area contributed by atoms with Crippen molar-refractivity contribution in [1.82, 2.24) is 4.98 Å². The smallest absolute Gasteiger partial charge is 0.255 e. The summed E-state index contributed by atoms with van der Waals surface area (Å²) in [6.45, 7) is 1.83. The molecule has 0 spiro atoms. The first-order chi connectivity index (χ1) is 11.8. The van der Waals surface area contributed by atoms with Gasteiger partial charge in [-0.05, 0) is 37.3 Å². The maximum Gasteiger partial charge on any atom is 0.255 e. The third-order valence-corrected chi connectivity index (χ3v) is 4.55. The summed E-state index contributed by atoms with van der Waals surface area (Å²) in [5.41, 5.74) is 1.84. The third-order valence-electron chi connectivity index (χ3n) is 3.61. The topological polar surface area (TPSA) is 102 Å². The molecular weight excluding hydrogens is 345 g/mol. The summed E-state index contributed by atoms with van der Waals surface area (Å²) in [7, 11) is -4.19. The first-order valence-corrected chi connectivity index (χ1v) is 8.80. The van der Waals surface area contributed by atoms with Crippen LogP contribution >= 0.6 is 0 Å². The van der Waals surface area contributed by atoms with Crippen LogP contribution in [0, 0.1) is 12.7 Å². The number of sulfonamides is 1. The molecule has 1 heterocycles. The largest absolute Gasteiger partial charge is 0.320 e. The highest BCUT2D eigenvalue weighted by atomic mass is 32.2. The van der Waals surface area contributed by atoms with Gasteiger partial charge in [-0.2, -0.15) is 0 Å². The maximum absolute atomic E-state index is 13.9. The fourth-order valence-electron chi connectivity index (χ4n) is 2.41. The molecule has 6 nitrogen and oxygen atoms in total. The van der Waals surface area contributed by atoms with Gasteiger partial charge >= 0.3 is 0 Å². The number of aromatic nitrogens is 1. The van der Waals surface area contributed by atoms with E-state index in [0.29, 0.717) is 11.2 Å². The number of pyridine rings is 1. The lowest BCUT2D eigenvalue weighted by molar-refractivity contribution is 0.102. The van der Waals surface area contributed by atoms with Crippen molar-refractivity contribution in [3.8, 4) is 0 Å². The number of carbonyl (C=O) groups excluding carboxylic acids is 1. The molecule has 2 aromatic carbocycles. The van der Waals surface area contributed by atoms with Crippen molar-refractivity contribution in [2.45, 2.75) is 11.8 Å². The number of rotatable bonds is 3. The van der Waals surface area contributed by atoms with E-state index in [9.17, 15) is 17.6 Å². The van der Waals surface area contributed by atoms with E-state index < -0.39 is 26.6 Å². The Morgan fingerprint density at radius 3 is 2.60 bits per heavy atom. The first kappa shape index (κ1) is 17.0. The predicted molar refractivity (Wildman–Crippen MR) is 92.2 cm³/mol. The van der Waals surface area contributed by atoms with Crippen molar-refractivity contribution in [3.05, 3.63) is 65.6 Å². The Labute approximate surface area is 143 Å². The lowest BCUT2D eigenvalue weighted by Gasteiger charge is -2.09. The fourth-order valence-corrected chi connectivity index (χ4v) is 3.00. The lowest BCUT2D eigenvalue weighted by atomic mass is 10.1. The molecule has 0 fully saturated rings.